The molecule has 0 radical (unpaired) electrons. The monoisotopic (exact) mass is 481 g/mol. The van der Waals surface area contributed by atoms with Gasteiger partial charge in [-0.25, -0.2) is 27.5 Å². The summed E-state index contributed by atoms with van der Waals surface area (Å²) in [7, 11) is -4.49. The zero-order valence-corrected chi connectivity index (χ0v) is 17.4. The number of nitrogens with two attached hydrogens (primary N) is 1. The highest BCUT2D eigenvalue weighted by molar-refractivity contribution is 7.89. The number of aromatic nitrogens is 2. The van der Waals surface area contributed by atoms with Gasteiger partial charge in [0, 0.05) is 17.7 Å². The Morgan fingerprint density at radius 2 is 1.85 bits per heavy atom. The van der Waals surface area contributed by atoms with Crippen LogP contribution in [0.3, 0.4) is 0 Å². The first-order valence-electron chi connectivity index (χ1n) is 9.12. The first-order chi connectivity index (χ1) is 15.5. The minimum atomic E-state index is -4.82. The van der Waals surface area contributed by atoms with E-state index in [1.165, 1.54) is 12.1 Å². The molecule has 13 heteroatoms. The van der Waals surface area contributed by atoms with Crippen LogP contribution < -0.4 is 10.5 Å². The summed E-state index contributed by atoms with van der Waals surface area (Å²) in [5.41, 5.74) is 3.51. The highest BCUT2D eigenvalue weighted by Gasteiger charge is 2.33. The summed E-state index contributed by atoms with van der Waals surface area (Å²) in [4.78, 5) is 6.93. The van der Waals surface area contributed by atoms with Crippen LogP contribution in [0.15, 0.2) is 47.5 Å². The molecule has 0 aliphatic rings. The Morgan fingerprint density at radius 1 is 1.15 bits per heavy atom. The molecular weight excluding hydrogens is 466 g/mol. The highest BCUT2D eigenvalue weighted by atomic mass is 32.2. The van der Waals surface area contributed by atoms with Crippen molar-refractivity contribution in [2.24, 2.45) is 0 Å². The predicted octanol–water partition coefficient (Wildman–Crippen LogP) is 2.69. The van der Waals surface area contributed by atoms with E-state index < -0.39 is 45.6 Å². The highest BCUT2D eigenvalue weighted by Crippen LogP contribution is 2.36. The first-order valence-corrected chi connectivity index (χ1v) is 10.6. The summed E-state index contributed by atoms with van der Waals surface area (Å²) >= 11 is 0. The second-order valence-corrected chi connectivity index (χ2v) is 8.36. The zero-order valence-electron chi connectivity index (χ0n) is 16.6. The molecule has 2 aromatic carbocycles. The van der Waals surface area contributed by atoms with Crippen molar-refractivity contribution in [3.8, 4) is 28.5 Å². The molecule has 0 fully saturated rings. The zero-order chi connectivity index (χ0) is 24.4. The number of benzene rings is 2. The molecule has 0 aliphatic carbocycles. The number of nitriles is 1. The number of hydrogen-bond donors (Lipinski definition) is 3. The molecular formula is C20H15F4N5O3S. The molecule has 0 aliphatic heterocycles. The lowest BCUT2D eigenvalue weighted by Gasteiger charge is -2.15. The van der Waals surface area contributed by atoms with Crippen molar-refractivity contribution in [2.45, 2.75) is 11.1 Å². The van der Waals surface area contributed by atoms with Crippen LogP contribution in [0.25, 0.3) is 22.4 Å². The van der Waals surface area contributed by atoms with E-state index in [1.54, 1.807) is 6.07 Å². The Hall–Kier alpha value is -3.60. The molecule has 4 N–H and O–H groups in total. The third-order valence-corrected chi connectivity index (χ3v) is 5.94. The van der Waals surface area contributed by atoms with Crippen LogP contribution in [0.5, 0.6) is 0 Å². The SMILES string of the molecule is N#Cc1nc(N)cnc1-c1ccc(-c2ccc(C(F)(F)F)cc2S(=O)(=O)NCCO)cc1F. The number of anilines is 1. The van der Waals surface area contributed by atoms with Crippen LogP contribution in [0.1, 0.15) is 11.3 Å². The number of halogens is 4. The molecule has 0 spiro atoms. The quantitative estimate of drug-likeness (QED) is 0.460. The standard InChI is InChI=1S/C20H15F4N5O3S/c21-15-7-11(1-3-14(15)19-16(9-25)29-18(26)10-27-19)13-4-2-12(20(22,23)24)8-17(13)33(31,32)28-5-6-30/h1-4,7-8,10,28,30H,5-6H2,(H2,26,29). The van der Waals surface area contributed by atoms with Crippen LogP contribution in [0.2, 0.25) is 0 Å². The third kappa shape index (κ3) is 5.08. The van der Waals surface area contributed by atoms with Crippen molar-refractivity contribution in [3.05, 3.63) is 59.7 Å². The number of nitrogen functional groups attached to an aromatic ring is 1. The van der Waals surface area contributed by atoms with Gasteiger partial charge in [0.1, 0.15) is 23.4 Å². The molecule has 1 heterocycles. The van der Waals surface area contributed by atoms with E-state index in [1.807, 2.05) is 4.72 Å². The van der Waals surface area contributed by atoms with Crippen LogP contribution in [0, 0.1) is 17.1 Å². The smallest absolute Gasteiger partial charge is 0.395 e. The number of sulfonamides is 1. The van der Waals surface area contributed by atoms with Crippen LogP contribution in [0.4, 0.5) is 23.4 Å². The van der Waals surface area contributed by atoms with Crippen LogP contribution in [-0.2, 0) is 16.2 Å². The summed E-state index contributed by atoms with van der Waals surface area (Å²) in [6, 6.07) is 7.13. The van der Waals surface area contributed by atoms with E-state index in [0.29, 0.717) is 12.1 Å². The largest absolute Gasteiger partial charge is 0.416 e. The molecule has 172 valence electrons. The maximum atomic E-state index is 15.0. The van der Waals surface area contributed by atoms with Gasteiger partial charge in [0.2, 0.25) is 10.0 Å². The first kappa shape index (κ1) is 24.1. The second kappa shape index (κ2) is 9.10. The number of aliphatic hydroxyl groups excluding tert-OH is 1. The number of aliphatic hydroxyl groups is 1. The van der Waals surface area contributed by atoms with E-state index in [0.717, 1.165) is 18.3 Å². The fourth-order valence-electron chi connectivity index (χ4n) is 2.97. The summed E-state index contributed by atoms with van der Waals surface area (Å²) < 4.78 is 81.7. The lowest BCUT2D eigenvalue weighted by atomic mass is 10.00. The van der Waals surface area contributed by atoms with Crippen LogP contribution in [-0.4, -0.2) is 36.6 Å². The minimum absolute atomic E-state index is 0.0451. The van der Waals surface area contributed by atoms with E-state index in [4.69, 9.17) is 10.8 Å². The van der Waals surface area contributed by atoms with Gasteiger partial charge < -0.3 is 10.8 Å². The van der Waals surface area contributed by atoms with Gasteiger partial charge in [-0.05, 0) is 29.8 Å². The van der Waals surface area contributed by atoms with Gasteiger partial charge in [-0.15, -0.1) is 0 Å². The van der Waals surface area contributed by atoms with Gasteiger partial charge in [-0.3, -0.25) is 0 Å². The lowest BCUT2D eigenvalue weighted by Crippen LogP contribution is -2.27. The molecule has 0 bridgehead atoms. The summed E-state index contributed by atoms with van der Waals surface area (Å²) in [6.45, 7) is -1.02. The van der Waals surface area contributed by atoms with Gasteiger partial charge in [0.25, 0.3) is 0 Å². The van der Waals surface area contributed by atoms with E-state index in [9.17, 15) is 31.2 Å². The third-order valence-electron chi connectivity index (χ3n) is 4.43. The van der Waals surface area contributed by atoms with Gasteiger partial charge in [-0.1, -0.05) is 12.1 Å². The minimum Gasteiger partial charge on any atom is -0.395 e. The van der Waals surface area contributed by atoms with Crippen molar-refractivity contribution >= 4 is 15.8 Å². The number of hydrogen-bond acceptors (Lipinski definition) is 7. The normalized spacial score (nSPS) is 11.9. The number of nitrogens with one attached hydrogen (secondary N) is 1. The van der Waals surface area contributed by atoms with Gasteiger partial charge in [0.05, 0.1) is 23.3 Å². The maximum absolute atomic E-state index is 15.0. The molecule has 0 saturated carbocycles. The molecule has 33 heavy (non-hydrogen) atoms. The Bertz CT molecular complexity index is 1350. The Balaban J connectivity index is 2.17. The molecule has 3 rings (SSSR count). The Labute approximate surface area is 185 Å². The summed E-state index contributed by atoms with van der Waals surface area (Å²) in [5, 5.41) is 18.1. The molecule has 8 nitrogen and oxygen atoms in total. The number of rotatable bonds is 6. The Morgan fingerprint density at radius 3 is 2.45 bits per heavy atom. The van der Waals surface area contributed by atoms with E-state index >= 15 is 0 Å². The fraction of sp³-hybridized carbons (Fsp3) is 0.150. The van der Waals surface area contributed by atoms with Gasteiger partial charge in [-0.2, -0.15) is 18.4 Å². The predicted molar refractivity (Wildman–Crippen MR) is 109 cm³/mol. The second-order valence-electron chi connectivity index (χ2n) is 6.63. The molecule has 1 aromatic heterocycles. The molecule has 0 amide bonds. The van der Waals surface area contributed by atoms with E-state index in [-0.39, 0.29) is 33.9 Å². The molecule has 3 aromatic rings. The summed E-state index contributed by atoms with van der Waals surface area (Å²) in [6.07, 6.45) is -3.70. The van der Waals surface area contributed by atoms with Crippen molar-refractivity contribution in [2.75, 3.05) is 18.9 Å². The van der Waals surface area contributed by atoms with Crippen molar-refractivity contribution < 1.29 is 31.1 Å². The number of alkyl halides is 3. The van der Waals surface area contributed by atoms with Gasteiger partial charge in [0.15, 0.2) is 5.69 Å². The lowest BCUT2D eigenvalue weighted by molar-refractivity contribution is -0.137. The van der Waals surface area contributed by atoms with Gasteiger partial charge >= 0.3 is 6.18 Å². The van der Waals surface area contributed by atoms with E-state index in [2.05, 4.69) is 9.97 Å². The van der Waals surface area contributed by atoms with Crippen molar-refractivity contribution in [3.63, 3.8) is 0 Å². The topological polar surface area (TPSA) is 142 Å². The molecule has 0 saturated heterocycles. The van der Waals surface area contributed by atoms with Crippen molar-refractivity contribution in [1.82, 2.24) is 14.7 Å². The molecule has 0 atom stereocenters. The average Bonchev–Trinajstić information content (AvgIpc) is 2.77. The molecule has 0 unspecified atom stereocenters. The maximum Gasteiger partial charge on any atom is 0.416 e. The van der Waals surface area contributed by atoms with Crippen molar-refractivity contribution in [1.29, 1.82) is 5.26 Å². The summed E-state index contributed by atoms with van der Waals surface area (Å²) in [5.74, 6) is -0.975. The fourth-order valence-corrected chi connectivity index (χ4v) is 4.24. The average molecular weight is 481 g/mol. The number of nitrogens with zero attached hydrogens (tertiary/aromatic N) is 3. The van der Waals surface area contributed by atoms with Crippen LogP contribution >= 0.6 is 0 Å². The Kier molecular flexibility index (Phi) is 6.63.